The number of nitrogens with two attached hydrogens (primary N) is 1. The number of carbonyl (C=O) groups is 1. The number of hydrogen-bond acceptors (Lipinski definition) is 5. The van der Waals surface area contributed by atoms with Crippen LogP contribution in [0.3, 0.4) is 0 Å². The minimum atomic E-state index is -1.34. The Hall–Kier alpha value is -0.690. The van der Waals surface area contributed by atoms with E-state index in [2.05, 4.69) is 5.32 Å². The average Bonchev–Trinajstić information content (AvgIpc) is 2.00. The van der Waals surface area contributed by atoms with Crippen LogP contribution in [0.5, 0.6) is 0 Å². The second-order valence-electron chi connectivity index (χ2n) is 2.87. The van der Waals surface area contributed by atoms with E-state index in [1.165, 1.54) is 0 Å². The molecular weight excluding hydrogens is 164 g/mol. The molecule has 1 saturated heterocycles. The molecule has 70 valence electrons. The Kier molecular flexibility index (Phi) is 2.63. The molecule has 1 aliphatic heterocycles. The molecule has 0 aromatic heterocycles. The van der Waals surface area contributed by atoms with E-state index in [9.17, 15) is 15.0 Å². The van der Waals surface area contributed by atoms with E-state index >= 15 is 0 Å². The molecule has 6 nitrogen and oxygen atoms in total. The summed E-state index contributed by atoms with van der Waals surface area (Å²) in [6.07, 6.45) is -2.52. The van der Waals surface area contributed by atoms with Crippen molar-refractivity contribution >= 4 is 5.97 Å². The van der Waals surface area contributed by atoms with Crippen LogP contribution in [-0.2, 0) is 4.79 Å². The fraction of sp³-hybridized carbons (Fsp3) is 0.833. The molecule has 1 rings (SSSR count). The van der Waals surface area contributed by atoms with Crippen molar-refractivity contribution in [2.24, 2.45) is 5.73 Å². The van der Waals surface area contributed by atoms with Gasteiger partial charge in [-0.25, -0.2) is 0 Å². The normalized spacial score (nSPS) is 42.6. The van der Waals surface area contributed by atoms with Gasteiger partial charge in [0.05, 0.1) is 6.10 Å². The van der Waals surface area contributed by atoms with Crippen LogP contribution in [0.2, 0.25) is 0 Å². The van der Waals surface area contributed by atoms with Gasteiger partial charge in [0.15, 0.2) is 0 Å². The first-order valence-corrected chi connectivity index (χ1v) is 3.62. The zero-order chi connectivity index (χ0) is 9.30. The van der Waals surface area contributed by atoms with Crippen molar-refractivity contribution in [1.29, 1.82) is 0 Å². The zero-order valence-electron chi connectivity index (χ0n) is 6.34. The van der Waals surface area contributed by atoms with Gasteiger partial charge in [-0.15, -0.1) is 0 Å². The zero-order valence-corrected chi connectivity index (χ0v) is 6.34. The minimum absolute atomic E-state index is 0.190. The smallest absolute Gasteiger partial charge is 0.323 e. The third kappa shape index (κ3) is 1.56. The van der Waals surface area contributed by atoms with Crippen LogP contribution in [0.4, 0.5) is 0 Å². The summed E-state index contributed by atoms with van der Waals surface area (Å²) in [5, 5.41) is 29.4. The summed E-state index contributed by atoms with van der Waals surface area (Å²) in [7, 11) is 0. The molecule has 1 aliphatic rings. The molecule has 0 radical (unpaired) electrons. The molecule has 0 aromatic rings. The molecule has 0 aliphatic carbocycles. The summed E-state index contributed by atoms with van der Waals surface area (Å²) in [6, 6.07) is -1.74. The summed E-state index contributed by atoms with van der Waals surface area (Å²) >= 11 is 0. The van der Waals surface area contributed by atoms with Gasteiger partial charge in [-0.05, 0) is 0 Å². The topological polar surface area (TPSA) is 116 Å². The van der Waals surface area contributed by atoms with E-state index < -0.39 is 30.3 Å². The van der Waals surface area contributed by atoms with Gasteiger partial charge in [0.1, 0.15) is 12.1 Å². The number of aliphatic hydroxyl groups excluding tert-OH is 2. The summed E-state index contributed by atoms with van der Waals surface area (Å²) in [5.74, 6) is -1.19. The van der Waals surface area contributed by atoms with Gasteiger partial charge in [-0.1, -0.05) is 0 Å². The molecular formula is C6H12N2O4. The van der Waals surface area contributed by atoms with Crippen LogP contribution in [0.1, 0.15) is 0 Å². The molecule has 0 bridgehead atoms. The fourth-order valence-corrected chi connectivity index (χ4v) is 1.19. The standard InChI is InChI=1S/C6H12N2O4/c7-2-1-8-3(6(11)12)5(10)4(2)9/h2-5,8-10H,1,7H2,(H,11,12)/t2-,3-,4+,5+/m0/s1. The first-order chi connectivity index (χ1) is 5.54. The maximum atomic E-state index is 10.4. The highest BCUT2D eigenvalue weighted by Gasteiger charge is 2.39. The number of carboxylic acid groups (broad SMARTS) is 1. The predicted octanol–water partition coefficient (Wildman–Crippen LogP) is -2.91. The highest BCUT2D eigenvalue weighted by Crippen LogP contribution is 2.08. The molecule has 1 fully saturated rings. The third-order valence-corrected chi connectivity index (χ3v) is 1.97. The van der Waals surface area contributed by atoms with Gasteiger partial charge in [-0.2, -0.15) is 0 Å². The van der Waals surface area contributed by atoms with E-state index in [-0.39, 0.29) is 6.54 Å². The van der Waals surface area contributed by atoms with Gasteiger partial charge in [0, 0.05) is 12.6 Å². The van der Waals surface area contributed by atoms with Crippen LogP contribution in [0, 0.1) is 0 Å². The molecule has 1 heterocycles. The highest BCUT2D eigenvalue weighted by atomic mass is 16.4. The van der Waals surface area contributed by atoms with Crippen molar-refractivity contribution in [1.82, 2.24) is 5.32 Å². The molecule has 0 amide bonds. The van der Waals surface area contributed by atoms with Crippen molar-refractivity contribution < 1.29 is 20.1 Å². The molecule has 4 atom stereocenters. The quantitative estimate of drug-likeness (QED) is 0.292. The Morgan fingerprint density at radius 2 is 2.00 bits per heavy atom. The van der Waals surface area contributed by atoms with E-state index in [1.54, 1.807) is 0 Å². The van der Waals surface area contributed by atoms with Crippen LogP contribution in [0.25, 0.3) is 0 Å². The minimum Gasteiger partial charge on any atom is -0.480 e. The lowest BCUT2D eigenvalue weighted by Crippen LogP contribution is -2.64. The maximum absolute atomic E-state index is 10.4. The Morgan fingerprint density at radius 1 is 1.42 bits per heavy atom. The van der Waals surface area contributed by atoms with E-state index in [0.717, 1.165) is 0 Å². The number of nitrogens with one attached hydrogen (secondary N) is 1. The number of carboxylic acids is 1. The molecule has 0 unspecified atom stereocenters. The number of rotatable bonds is 1. The Balaban J connectivity index is 2.65. The second-order valence-corrected chi connectivity index (χ2v) is 2.87. The van der Waals surface area contributed by atoms with Crippen LogP contribution < -0.4 is 11.1 Å². The largest absolute Gasteiger partial charge is 0.480 e. The second kappa shape index (κ2) is 3.36. The summed E-state index contributed by atoms with van der Waals surface area (Å²) in [5.41, 5.74) is 5.37. The van der Waals surface area contributed by atoms with Crippen LogP contribution >= 0.6 is 0 Å². The summed E-state index contributed by atoms with van der Waals surface area (Å²) in [6.45, 7) is 0.190. The Labute approximate surface area is 69.0 Å². The predicted molar refractivity (Wildman–Crippen MR) is 39.4 cm³/mol. The van der Waals surface area contributed by atoms with Gasteiger partial charge in [-0.3, -0.25) is 4.79 Å². The Morgan fingerprint density at radius 3 is 2.50 bits per heavy atom. The van der Waals surface area contributed by atoms with E-state index in [0.29, 0.717) is 0 Å². The van der Waals surface area contributed by atoms with E-state index in [4.69, 9.17) is 10.8 Å². The highest BCUT2D eigenvalue weighted by molar-refractivity contribution is 5.74. The number of aliphatic carboxylic acids is 1. The first-order valence-electron chi connectivity index (χ1n) is 3.62. The molecule has 0 aromatic carbocycles. The maximum Gasteiger partial charge on any atom is 0.323 e. The lowest BCUT2D eigenvalue weighted by molar-refractivity contribution is -0.147. The molecule has 6 heteroatoms. The first kappa shape index (κ1) is 9.40. The summed E-state index contributed by atoms with van der Waals surface area (Å²) < 4.78 is 0. The van der Waals surface area contributed by atoms with Crippen molar-refractivity contribution in [2.75, 3.05) is 6.54 Å². The monoisotopic (exact) mass is 176 g/mol. The van der Waals surface area contributed by atoms with Gasteiger partial charge in [0.25, 0.3) is 0 Å². The SMILES string of the molecule is N[C@H]1CN[C@H](C(=O)O)[C@@H](O)[C@@H]1O. The number of aliphatic hydroxyl groups is 2. The Bertz CT molecular complexity index is 186. The third-order valence-electron chi connectivity index (χ3n) is 1.97. The van der Waals surface area contributed by atoms with Crippen molar-refractivity contribution in [3.8, 4) is 0 Å². The fourth-order valence-electron chi connectivity index (χ4n) is 1.19. The van der Waals surface area contributed by atoms with Crippen molar-refractivity contribution in [2.45, 2.75) is 24.3 Å². The molecule has 6 N–H and O–H groups in total. The summed E-state index contributed by atoms with van der Waals surface area (Å²) in [4.78, 5) is 10.4. The van der Waals surface area contributed by atoms with Crippen molar-refractivity contribution in [3.63, 3.8) is 0 Å². The van der Waals surface area contributed by atoms with Crippen LogP contribution in [-0.4, -0.2) is 52.1 Å². The molecule has 0 spiro atoms. The van der Waals surface area contributed by atoms with E-state index in [1.807, 2.05) is 0 Å². The van der Waals surface area contributed by atoms with Gasteiger partial charge < -0.3 is 26.4 Å². The van der Waals surface area contributed by atoms with Gasteiger partial charge in [0.2, 0.25) is 0 Å². The molecule has 0 saturated carbocycles. The average molecular weight is 176 g/mol. The number of piperidine rings is 1. The lowest BCUT2D eigenvalue weighted by Gasteiger charge is -2.34. The lowest BCUT2D eigenvalue weighted by atomic mass is 9.95. The van der Waals surface area contributed by atoms with Crippen LogP contribution in [0.15, 0.2) is 0 Å². The van der Waals surface area contributed by atoms with Crippen molar-refractivity contribution in [3.05, 3.63) is 0 Å². The molecule has 12 heavy (non-hydrogen) atoms. The number of hydrogen-bond donors (Lipinski definition) is 5. The van der Waals surface area contributed by atoms with Gasteiger partial charge >= 0.3 is 5.97 Å².